The van der Waals surface area contributed by atoms with Crippen molar-refractivity contribution in [1.29, 1.82) is 5.26 Å². The maximum Gasteiger partial charge on any atom is 0.317 e. The van der Waals surface area contributed by atoms with E-state index in [0.717, 1.165) is 61.3 Å². The number of fused-ring (bicyclic) bond motifs is 1. The molecule has 4 heterocycles. The maximum atomic E-state index is 11.8. The van der Waals surface area contributed by atoms with E-state index in [2.05, 4.69) is 36.3 Å². The minimum atomic E-state index is -0.292. The fourth-order valence-corrected chi connectivity index (χ4v) is 4.89. The molecule has 3 aromatic heterocycles. The SMILES string of the molecule is CNC(=O)N1CCN([C@H]2C[C@](CC#N)(n3cc(-c4ncnc5[nH]ccc45)cn3)C2)CC1. The standard InChI is InChI=1S/C21H25N9O/c1-23-20(31)29-8-6-28(7-9-29)16-10-21(11-16,3-4-22)30-13-15(12-27-30)18-17-2-5-24-19(17)26-14-25-18/h2,5,12-14,16H,3,6-11H2,1H3,(H,23,31)(H,24,25,26)/t16-,21-. The zero-order valence-electron chi connectivity index (χ0n) is 17.5. The molecule has 2 aliphatic rings. The zero-order valence-corrected chi connectivity index (χ0v) is 17.5. The number of urea groups is 1. The van der Waals surface area contributed by atoms with Crippen LogP contribution in [0.5, 0.6) is 0 Å². The van der Waals surface area contributed by atoms with Crippen LogP contribution in [0.4, 0.5) is 4.79 Å². The Labute approximate surface area is 179 Å². The molecular weight excluding hydrogens is 394 g/mol. The van der Waals surface area contributed by atoms with Gasteiger partial charge in [0.1, 0.15) is 12.0 Å². The van der Waals surface area contributed by atoms with Gasteiger partial charge >= 0.3 is 6.03 Å². The third kappa shape index (κ3) is 3.31. The summed E-state index contributed by atoms with van der Waals surface area (Å²) in [5, 5.41) is 17.8. The minimum absolute atomic E-state index is 0.0163. The first-order chi connectivity index (χ1) is 15.1. The van der Waals surface area contributed by atoms with E-state index in [1.807, 2.05) is 34.2 Å². The first-order valence-corrected chi connectivity index (χ1v) is 10.5. The number of piperazine rings is 1. The Balaban J connectivity index is 1.31. The predicted molar refractivity (Wildman–Crippen MR) is 114 cm³/mol. The van der Waals surface area contributed by atoms with Crippen molar-refractivity contribution in [3.8, 4) is 17.3 Å². The van der Waals surface area contributed by atoms with Gasteiger partial charge in [-0.25, -0.2) is 14.8 Å². The van der Waals surface area contributed by atoms with Gasteiger partial charge in [0.2, 0.25) is 0 Å². The highest BCUT2D eigenvalue weighted by atomic mass is 16.2. The Hall–Kier alpha value is -3.45. The highest BCUT2D eigenvalue weighted by Gasteiger charge is 2.49. The van der Waals surface area contributed by atoms with Crippen molar-refractivity contribution in [1.82, 2.24) is 39.8 Å². The average molecular weight is 419 g/mol. The molecule has 2 N–H and O–H groups in total. The predicted octanol–water partition coefficient (Wildman–Crippen LogP) is 1.55. The molecule has 0 atom stereocenters. The van der Waals surface area contributed by atoms with Gasteiger partial charge in [0, 0.05) is 62.6 Å². The van der Waals surface area contributed by atoms with Crippen LogP contribution in [-0.2, 0) is 5.54 Å². The summed E-state index contributed by atoms with van der Waals surface area (Å²) in [5.74, 6) is 0. The number of H-pyrrole nitrogens is 1. The van der Waals surface area contributed by atoms with Gasteiger partial charge in [-0.1, -0.05) is 0 Å². The summed E-state index contributed by atoms with van der Waals surface area (Å²) in [6.07, 6.45) is 9.41. The van der Waals surface area contributed by atoms with Gasteiger partial charge in [-0.2, -0.15) is 10.4 Å². The smallest absolute Gasteiger partial charge is 0.317 e. The van der Waals surface area contributed by atoms with Gasteiger partial charge in [0.15, 0.2) is 0 Å². The molecule has 0 spiro atoms. The number of rotatable bonds is 4. The third-order valence-corrected chi connectivity index (χ3v) is 6.67. The fraction of sp³-hybridized carbons (Fsp3) is 0.476. The van der Waals surface area contributed by atoms with Crippen LogP contribution in [-0.4, -0.2) is 79.8 Å². The van der Waals surface area contributed by atoms with E-state index in [-0.39, 0.29) is 11.6 Å². The number of carbonyl (C=O) groups excluding carboxylic acids is 1. The molecular formula is C21H25N9O. The molecule has 0 unspecified atom stereocenters. The van der Waals surface area contributed by atoms with E-state index in [4.69, 9.17) is 0 Å². The molecule has 10 nitrogen and oxygen atoms in total. The van der Waals surface area contributed by atoms with Crippen molar-refractivity contribution >= 4 is 17.1 Å². The quantitative estimate of drug-likeness (QED) is 0.662. The lowest BCUT2D eigenvalue weighted by molar-refractivity contribution is -0.0128. The van der Waals surface area contributed by atoms with Crippen LogP contribution in [0.15, 0.2) is 31.0 Å². The van der Waals surface area contributed by atoms with Crippen LogP contribution in [0, 0.1) is 11.3 Å². The van der Waals surface area contributed by atoms with Gasteiger partial charge in [-0.3, -0.25) is 9.58 Å². The summed E-state index contributed by atoms with van der Waals surface area (Å²) in [5.41, 5.74) is 2.27. The Morgan fingerprint density at radius 2 is 2.13 bits per heavy atom. The van der Waals surface area contributed by atoms with Gasteiger partial charge in [0.05, 0.1) is 29.9 Å². The van der Waals surface area contributed by atoms with Crippen LogP contribution >= 0.6 is 0 Å². The Morgan fingerprint density at radius 1 is 1.32 bits per heavy atom. The molecule has 1 aliphatic carbocycles. The molecule has 1 saturated carbocycles. The van der Waals surface area contributed by atoms with E-state index < -0.39 is 0 Å². The molecule has 31 heavy (non-hydrogen) atoms. The maximum absolute atomic E-state index is 11.8. The molecule has 5 rings (SSSR count). The first kappa shape index (κ1) is 19.5. The largest absolute Gasteiger partial charge is 0.346 e. The van der Waals surface area contributed by atoms with Crippen LogP contribution < -0.4 is 5.32 Å². The highest BCUT2D eigenvalue weighted by molar-refractivity contribution is 5.90. The topological polar surface area (TPSA) is 119 Å². The summed E-state index contributed by atoms with van der Waals surface area (Å²) in [6.45, 7) is 3.18. The Morgan fingerprint density at radius 3 is 2.87 bits per heavy atom. The lowest BCUT2D eigenvalue weighted by Gasteiger charge is -2.52. The Bertz CT molecular complexity index is 1130. The fourth-order valence-electron chi connectivity index (χ4n) is 4.89. The van der Waals surface area contributed by atoms with E-state index >= 15 is 0 Å². The van der Waals surface area contributed by atoms with Crippen molar-refractivity contribution in [2.75, 3.05) is 33.2 Å². The van der Waals surface area contributed by atoms with E-state index in [1.54, 1.807) is 13.4 Å². The van der Waals surface area contributed by atoms with Crippen molar-refractivity contribution in [3.63, 3.8) is 0 Å². The van der Waals surface area contributed by atoms with Gasteiger partial charge in [0.25, 0.3) is 0 Å². The average Bonchev–Trinajstić information content (AvgIpc) is 3.45. The monoisotopic (exact) mass is 419 g/mol. The second-order valence-corrected chi connectivity index (χ2v) is 8.34. The van der Waals surface area contributed by atoms with Crippen molar-refractivity contribution < 1.29 is 4.79 Å². The van der Waals surface area contributed by atoms with Crippen molar-refractivity contribution in [2.24, 2.45) is 0 Å². The normalized spacial score (nSPS) is 24.0. The number of hydrogen-bond donors (Lipinski definition) is 2. The molecule has 10 heteroatoms. The number of nitriles is 1. The number of amides is 2. The first-order valence-electron chi connectivity index (χ1n) is 10.5. The molecule has 0 radical (unpaired) electrons. The number of nitrogens with one attached hydrogen (secondary N) is 2. The molecule has 0 aromatic carbocycles. The lowest BCUT2D eigenvalue weighted by atomic mass is 9.70. The Kier molecular flexibility index (Phi) is 4.82. The van der Waals surface area contributed by atoms with Crippen LogP contribution in [0.2, 0.25) is 0 Å². The molecule has 2 fully saturated rings. The van der Waals surface area contributed by atoms with E-state index in [1.165, 1.54) is 0 Å². The van der Waals surface area contributed by atoms with Gasteiger partial charge in [-0.05, 0) is 18.9 Å². The molecule has 1 aliphatic heterocycles. The number of hydrogen-bond acceptors (Lipinski definition) is 6. The molecule has 2 amide bonds. The van der Waals surface area contributed by atoms with Gasteiger partial charge < -0.3 is 15.2 Å². The van der Waals surface area contributed by atoms with E-state index in [0.29, 0.717) is 12.5 Å². The van der Waals surface area contributed by atoms with Crippen molar-refractivity contribution in [3.05, 3.63) is 31.0 Å². The van der Waals surface area contributed by atoms with Crippen molar-refractivity contribution in [2.45, 2.75) is 30.8 Å². The molecule has 0 bridgehead atoms. The van der Waals surface area contributed by atoms with E-state index in [9.17, 15) is 10.1 Å². The number of carbonyl (C=O) groups is 1. The number of aromatic nitrogens is 5. The van der Waals surface area contributed by atoms with Crippen LogP contribution in [0.25, 0.3) is 22.3 Å². The summed E-state index contributed by atoms with van der Waals surface area (Å²) in [7, 11) is 1.66. The zero-order chi connectivity index (χ0) is 21.4. The van der Waals surface area contributed by atoms with Crippen LogP contribution in [0.3, 0.4) is 0 Å². The van der Waals surface area contributed by atoms with Gasteiger partial charge in [-0.15, -0.1) is 0 Å². The lowest BCUT2D eigenvalue weighted by Crippen LogP contribution is -2.61. The second-order valence-electron chi connectivity index (χ2n) is 8.34. The molecule has 160 valence electrons. The highest BCUT2D eigenvalue weighted by Crippen LogP contribution is 2.45. The molecule has 1 saturated heterocycles. The summed E-state index contributed by atoms with van der Waals surface area (Å²) in [4.78, 5) is 27.9. The summed E-state index contributed by atoms with van der Waals surface area (Å²) >= 11 is 0. The summed E-state index contributed by atoms with van der Waals surface area (Å²) < 4.78 is 1.96. The van der Waals surface area contributed by atoms with Crippen LogP contribution in [0.1, 0.15) is 19.3 Å². The number of aromatic amines is 1. The minimum Gasteiger partial charge on any atom is -0.346 e. The summed E-state index contributed by atoms with van der Waals surface area (Å²) in [6, 6.07) is 4.72. The third-order valence-electron chi connectivity index (χ3n) is 6.67. The molecule has 3 aromatic rings. The second kappa shape index (κ2) is 7.67. The number of nitrogens with zero attached hydrogens (tertiary/aromatic N) is 7.